The third kappa shape index (κ3) is 1.77. The van der Waals surface area contributed by atoms with E-state index in [-0.39, 0.29) is 0 Å². The Hall–Kier alpha value is -1.19. The van der Waals surface area contributed by atoms with Gasteiger partial charge in [-0.25, -0.2) is 0 Å². The Bertz CT molecular complexity index is 363. The first-order valence-corrected chi connectivity index (χ1v) is 6.20. The van der Waals surface area contributed by atoms with Crippen LogP contribution < -0.4 is 10.6 Å². The molecule has 0 spiro atoms. The zero-order valence-electron chi connectivity index (χ0n) is 10.5. The Labute approximate surface area is 97.4 Å². The molecule has 0 aliphatic heterocycles. The number of anilines is 2. The van der Waals surface area contributed by atoms with E-state index in [4.69, 9.17) is 5.73 Å². The molecule has 0 bridgehead atoms. The van der Waals surface area contributed by atoms with Gasteiger partial charge in [-0.1, -0.05) is 12.8 Å². The van der Waals surface area contributed by atoms with Crippen molar-refractivity contribution in [3.05, 3.63) is 5.69 Å². The first kappa shape index (κ1) is 11.3. The summed E-state index contributed by atoms with van der Waals surface area (Å²) in [6.45, 7) is 5.18. The highest BCUT2D eigenvalue weighted by molar-refractivity contribution is 5.66. The highest BCUT2D eigenvalue weighted by Crippen LogP contribution is 2.32. The SMILES string of the molecule is CCN(c1c(N)c(C)nn1C)C1CCCC1. The maximum atomic E-state index is 6.12. The topological polar surface area (TPSA) is 47.1 Å². The fourth-order valence-electron chi connectivity index (χ4n) is 2.80. The fourth-order valence-corrected chi connectivity index (χ4v) is 2.80. The molecule has 0 radical (unpaired) electrons. The van der Waals surface area contributed by atoms with Gasteiger partial charge in [-0.2, -0.15) is 5.10 Å². The second-order valence-corrected chi connectivity index (χ2v) is 4.67. The van der Waals surface area contributed by atoms with E-state index in [2.05, 4.69) is 16.9 Å². The third-order valence-electron chi connectivity index (χ3n) is 3.62. The van der Waals surface area contributed by atoms with Crippen LogP contribution in [0.5, 0.6) is 0 Å². The molecule has 0 atom stereocenters. The molecule has 0 amide bonds. The van der Waals surface area contributed by atoms with Crippen LogP contribution in [0, 0.1) is 6.92 Å². The molecule has 1 heterocycles. The number of nitrogen functional groups attached to an aromatic ring is 1. The van der Waals surface area contributed by atoms with E-state index in [0.29, 0.717) is 6.04 Å². The Morgan fingerprint density at radius 1 is 1.44 bits per heavy atom. The summed E-state index contributed by atoms with van der Waals surface area (Å²) < 4.78 is 1.92. The lowest BCUT2D eigenvalue weighted by Crippen LogP contribution is -2.35. The van der Waals surface area contributed by atoms with E-state index in [1.54, 1.807) is 0 Å². The third-order valence-corrected chi connectivity index (χ3v) is 3.62. The number of hydrogen-bond donors (Lipinski definition) is 1. The van der Waals surface area contributed by atoms with E-state index < -0.39 is 0 Å². The van der Waals surface area contributed by atoms with Crippen LogP contribution in [0.15, 0.2) is 0 Å². The molecule has 0 saturated heterocycles. The van der Waals surface area contributed by atoms with E-state index in [1.807, 2.05) is 18.7 Å². The number of aromatic nitrogens is 2. The minimum atomic E-state index is 0.655. The molecule has 4 heteroatoms. The minimum Gasteiger partial charge on any atom is -0.394 e. The fraction of sp³-hybridized carbons (Fsp3) is 0.750. The van der Waals surface area contributed by atoms with Crippen molar-refractivity contribution in [2.75, 3.05) is 17.2 Å². The highest BCUT2D eigenvalue weighted by atomic mass is 15.4. The van der Waals surface area contributed by atoms with Crippen molar-refractivity contribution in [1.82, 2.24) is 9.78 Å². The molecule has 2 N–H and O–H groups in total. The van der Waals surface area contributed by atoms with Gasteiger partial charge in [0.2, 0.25) is 0 Å². The zero-order chi connectivity index (χ0) is 11.7. The molecule has 16 heavy (non-hydrogen) atoms. The van der Waals surface area contributed by atoms with E-state index in [0.717, 1.165) is 23.7 Å². The summed E-state index contributed by atoms with van der Waals surface area (Å²) in [5, 5.41) is 4.40. The highest BCUT2D eigenvalue weighted by Gasteiger charge is 2.26. The van der Waals surface area contributed by atoms with Crippen LogP contribution in [0.25, 0.3) is 0 Å². The van der Waals surface area contributed by atoms with Gasteiger partial charge in [0.1, 0.15) is 0 Å². The molecule has 1 aromatic heterocycles. The van der Waals surface area contributed by atoms with Crippen molar-refractivity contribution in [3.8, 4) is 0 Å². The van der Waals surface area contributed by atoms with Crippen molar-refractivity contribution in [3.63, 3.8) is 0 Å². The first-order valence-electron chi connectivity index (χ1n) is 6.20. The van der Waals surface area contributed by atoms with Gasteiger partial charge in [0.05, 0.1) is 11.4 Å². The molecule has 1 fully saturated rings. The maximum absolute atomic E-state index is 6.12. The summed E-state index contributed by atoms with van der Waals surface area (Å²) in [5.41, 5.74) is 7.91. The number of aryl methyl sites for hydroxylation is 2. The molecule has 4 nitrogen and oxygen atoms in total. The Morgan fingerprint density at radius 3 is 2.50 bits per heavy atom. The summed E-state index contributed by atoms with van der Waals surface area (Å²) in [7, 11) is 1.98. The van der Waals surface area contributed by atoms with Crippen molar-refractivity contribution < 1.29 is 0 Å². The van der Waals surface area contributed by atoms with Gasteiger partial charge in [-0.3, -0.25) is 4.68 Å². The molecule has 1 aromatic rings. The van der Waals surface area contributed by atoms with Crippen LogP contribution in [0.3, 0.4) is 0 Å². The van der Waals surface area contributed by atoms with Crippen LogP contribution in [0.1, 0.15) is 38.3 Å². The Morgan fingerprint density at radius 2 is 2.06 bits per heavy atom. The van der Waals surface area contributed by atoms with Crippen molar-refractivity contribution in [1.29, 1.82) is 0 Å². The number of rotatable bonds is 3. The molecule has 1 aliphatic rings. The molecular formula is C12H22N4. The Kier molecular flexibility index (Phi) is 3.08. The van der Waals surface area contributed by atoms with Crippen LogP contribution >= 0.6 is 0 Å². The lowest BCUT2D eigenvalue weighted by atomic mass is 10.2. The number of hydrogen-bond acceptors (Lipinski definition) is 3. The minimum absolute atomic E-state index is 0.655. The van der Waals surface area contributed by atoms with Gasteiger partial charge in [0, 0.05) is 19.6 Å². The average molecular weight is 222 g/mol. The van der Waals surface area contributed by atoms with Crippen LogP contribution in [-0.2, 0) is 7.05 Å². The quantitative estimate of drug-likeness (QED) is 0.851. The largest absolute Gasteiger partial charge is 0.394 e. The molecular weight excluding hydrogens is 200 g/mol. The van der Waals surface area contributed by atoms with Gasteiger partial charge in [-0.05, 0) is 26.7 Å². The monoisotopic (exact) mass is 222 g/mol. The second kappa shape index (κ2) is 4.36. The summed E-state index contributed by atoms with van der Waals surface area (Å²) >= 11 is 0. The van der Waals surface area contributed by atoms with Gasteiger partial charge in [0.15, 0.2) is 5.82 Å². The number of nitrogens with zero attached hydrogens (tertiary/aromatic N) is 3. The summed E-state index contributed by atoms with van der Waals surface area (Å²) in [4.78, 5) is 2.42. The standard InChI is InChI=1S/C12H22N4/c1-4-16(10-7-5-6-8-10)12-11(13)9(2)14-15(12)3/h10H,4-8,13H2,1-3H3. The summed E-state index contributed by atoms with van der Waals surface area (Å²) in [6.07, 6.45) is 5.27. The van der Waals surface area contributed by atoms with E-state index in [1.165, 1.54) is 25.7 Å². The molecule has 0 unspecified atom stereocenters. The number of nitrogens with two attached hydrogens (primary N) is 1. The Balaban J connectivity index is 2.32. The van der Waals surface area contributed by atoms with Crippen LogP contribution in [0.4, 0.5) is 11.5 Å². The van der Waals surface area contributed by atoms with Crippen LogP contribution in [-0.4, -0.2) is 22.4 Å². The van der Waals surface area contributed by atoms with E-state index in [9.17, 15) is 0 Å². The second-order valence-electron chi connectivity index (χ2n) is 4.67. The normalized spacial score (nSPS) is 16.9. The van der Waals surface area contributed by atoms with E-state index >= 15 is 0 Å². The maximum Gasteiger partial charge on any atom is 0.150 e. The average Bonchev–Trinajstić information content (AvgIpc) is 2.84. The van der Waals surface area contributed by atoms with Crippen molar-refractivity contribution in [2.45, 2.75) is 45.6 Å². The van der Waals surface area contributed by atoms with Crippen molar-refractivity contribution >= 4 is 11.5 Å². The van der Waals surface area contributed by atoms with Crippen LogP contribution in [0.2, 0.25) is 0 Å². The van der Waals surface area contributed by atoms with Gasteiger partial charge < -0.3 is 10.6 Å². The van der Waals surface area contributed by atoms with Crippen molar-refractivity contribution in [2.24, 2.45) is 7.05 Å². The lowest BCUT2D eigenvalue weighted by molar-refractivity contribution is 0.592. The smallest absolute Gasteiger partial charge is 0.150 e. The van der Waals surface area contributed by atoms with Gasteiger partial charge in [0.25, 0.3) is 0 Å². The molecule has 2 rings (SSSR count). The molecule has 1 saturated carbocycles. The van der Waals surface area contributed by atoms with Gasteiger partial charge >= 0.3 is 0 Å². The first-order chi connectivity index (χ1) is 7.65. The summed E-state index contributed by atoms with van der Waals surface area (Å²) in [5.74, 6) is 1.10. The summed E-state index contributed by atoms with van der Waals surface area (Å²) in [6, 6.07) is 0.655. The van der Waals surface area contributed by atoms with Gasteiger partial charge in [-0.15, -0.1) is 0 Å². The zero-order valence-corrected chi connectivity index (χ0v) is 10.5. The predicted molar refractivity (Wildman–Crippen MR) is 67.6 cm³/mol. The lowest BCUT2D eigenvalue weighted by Gasteiger charge is -2.30. The molecule has 1 aliphatic carbocycles. The molecule has 0 aromatic carbocycles. The predicted octanol–water partition coefficient (Wildman–Crippen LogP) is 2.08. The molecule has 90 valence electrons.